The average molecular weight is 232 g/mol. The van der Waals surface area contributed by atoms with Crippen LogP contribution < -0.4 is 5.73 Å². The van der Waals surface area contributed by atoms with Crippen LogP contribution in [0.2, 0.25) is 0 Å². The molecule has 0 saturated carbocycles. The number of nitrogens with two attached hydrogens (primary N) is 1. The highest BCUT2D eigenvalue weighted by Gasteiger charge is 2.20. The lowest BCUT2D eigenvalue weighted by Crippen LogP contribution is -2.43. The first kappa shape index (κ1) is 14.9. The summed E-state index contributed by atoms with van der Waals surface area (Å²) in [6.45, 7) is 4.22. The number of rotatable bonds is 7. The van der Waals surface area contributed by atoms with Crippen LogP contribution in [0.5, 0.6) is 0 Å². The number of amides is 1. The van der Waals surface area contributed by atoms with E-state index in [4.69, 9.17) is 10.5 Å². The van der Waals surface area contributed by atoms with Crippen LogP contribution in [-0.4, -0.2) is 56.2 Å². The molecule has 0 aliphatic heterocycles. The molecule has 0 aromatic carbocycles. The Bertz CT molecular complexity index is 231. The highest BCUT2D eigenvalue weighted by atomic mass is 16.5. The summed E-state index contributed by atoms with van der Waals surface area (Å²) < 4.78 is 9.54. The third-order valence-electron chi connectivity index (χ3n) is 1.96. The molecule has 1 amide bonds. The van der Waals surface area contributed by atoms with E-state index in [1.54, 1.807) is 0 Å². The topological polar surface area (TPSA) is 81.9 Å². The Hall–Kier alpha value is -1.14. The molecule has 0 heterocycles. The molecule has 0 rings (SSSR count). The lowest BCUT2D eigenvalue weighted by molar-refractivity contribution is -0.150. The summed E-state index contributed by atoms with van der Waals surface area (Å²) in [5.74, 6) is -0.685. The number of hydrogen-bond donors (Lipinski definition) is 1. The normalized spacial score (nSPS) is 10.3. The third-order valence-corrected chi connectivity index (χ3v) is 1.96. The molecular formula is C10H20N2O4. The Balaban J connectivity index is 4.19. The zero-order chi connectivity index (χ0) is 12.6. The van der Waals surface area contributed by atoms with Gasteiger partial charge in [-0.2, -0.15) is 0 Å². The number of carbonyl (C=O) groups is 2. The molecule has 16 heavy (non-hydrogen) atoms. The summed E-state index contributed by atoms with van der Waals surface area (Å²) in [6, 6.07) is -0.0759. The Morgan fingerprint density at radius 1 is 1.38 bits per heavy atom. The van der Waals surface area contributed by atoms with Crippen molar-refractivity contribution in [1.82, 2.24) is 4.90 Å². The van der Waals surface area contributed by atoms with Crippen molar-refractivity contribution in [2.75, 3.05) is 33.4 Å². The average Bonchev–Trinajstić information content (AvgIpc) is 2.25. The number of nitrogens with zero attached hydrogens (tertiary/aromatic N) is 1. The van der Waals surface area contributed by atoms with Gasteiger partial charge in [0.2, 0.25) is 5.91 Å². The van der Waals surface area contributed by atoms with E-state index in [-0.39, 0.29) is 25.1 Å². The molecule has 6 nitrogen and oxygen atoms in total. The molecule has 0 unspecified atom stereocenters. The minimum Gasteiger partial charge on any atom is -0.468 e. The summed E-state index contributed by atoms with van der Waals surface area (Å²) in [7, 11) is 1.29. The van der Waals surface area contributed by atoms with Crippen molar-refractivity contribution in [2.45, 2.75) is 19.9 Å². The molecule has 0 aromatic heterocycles. The summed E-state index contributed by atoms with van der Waals surface area (Å²) >= 11 is 0. The van der Waals surface area contributed by atoms with Crippen LogP contribution in [0.25, 0.3) is 0 Å². The fraction of sp³-hybridized carbons (Fsp3) is 0.800. The van der Waals surface area contributed by atoms with Gasteiger partial charge in [0.25, 0.3) is 0 Å². The van der Waals surface area contributed by atoms with Crippen LogP contribution in [0.3, 0.4) is 0 Å². The molecule has 0 radical (unpaired) electrons. The number of carbonyl (C=O) groups excluding carboxylic acids is 2. The maximum atomic E-state index is 11.7. The van der Waals surface area contributed by atoms with Gasteiger partial charge in [-0.05, 0) is 13.8 Å². The Morgan fingerprint density at radius 2 is 2.00 bits per heavy atom. The summed E-state index contributed by atoms with van der Waals surface area (Å²) in [4.78, 5) is 24.2. The van der Waals surface area contributed by atoms with Gasteiger partial charge >= 0.3 is 5.97 Å². The molecule has 6 heteroatoms. The van der Waals surface area contributed by atoms with E-state index in [0.717, 1.165) is 0 Å². The van der Waals surface area contributed by atoms with Gasteiger partial charge in [0.05, 0.1) is 13.7 Å². The molecular weight excluding hydrogens is 212 g/mol. The van der Waals surface area contributed by atoms with Gasteiger partial charge in [-0.1, -0.05) is 0 Å². The fourth-order valence-corrected chi connectivity index (χ4v) is 1.09. The summed E-state index contributed by atoms with van der Waals surface area (Å²) in [6.07, 6.45) is 0. The Kier molecular flexibility index (Phi) is 7.49. The largest absolute Gasteiger partial charge is 0.468 e. The highest BCUT2D eigenvalue weighted by molar-refractivity contribution is 5.83. The molecule has 0 aliphatic rings. The second kappa shape index (κ2) is 8.06. The maximum absolute atomic E-state index is 11.7. The predicted octanol–water partition coefficient (Wildman–Crippen LogP) is -0.628. The standard InChI is InChI=1S/C10H20N2O4/c1-8(2)12(6-10(14)15-3)9(13)7-16-5-4-11/h8H,4-7,11H2,1-3H3. The van der Waals surface area contributed by atoms with Crippen molar-refractivity contribution in [3.8, 4) is 0 Å². The van der Waals surface area contributed by atoms with E-state index in [1.807, 2.05) is 13.8 Å². The van der Waals surface area contributed by atoms with Crippen molar-refractivity contribution < 1.29 is 19.1 Å². The van der Waals surface area contributed by atoms with Crippen molar-refractivity contribution in [1.29, 1.82) is 0 Å². The number of ether oxygens (including phenoxy) is 2. The third kappa shape index (κ3) is 5.67. The van der Waals surface area contributed by atoms with Gasteiger partial charge in [0, 0.05) is 12.6 Å². The van der Waals surface area contributed by atoms with Crippen LogP contribution in [0, 0.1) is 0 Å². The zero-order valence-electron chi connectivity index (χ0n) is 10.1. The second-order valence-electron chi connectivity index (χ2n) is 3.53. The molecule has 0 atom stereocenters. The quantitative estimate of drug-likeness (QED) is 0.467. The van der Waals surface area contributed by atoms with E-state index in [1.165, 1.54) is 12.0 Å². The van der Waals surface area contributed by atoms with Crippen LogP contribution in [-0.2, 0) is 19.1 Å². The Labute approximate surface area is 95.7 Å². The predicted molar refractivity (Wildman–Crippen MR) is 58.7 cm³/mol. The van der Waals surface area contributed by atoms with Crippen molar-refractivity contribution >= 4 is 11.9 Å². The number of esters is 1. The zero-order valence-corrected chi connectivity index (χ0v) is 10.1. The lowest BCUT2D eigenvalue weighted by Gasteiger charge is -2.25. The van der Waals surface area contributed by atoms with Crippen molar-refractivity contribution in [3.05, 3.63) is 0 Å². The summed E-state index contributed by atoms with van der Waals surface area (Å²) in [5, 5.41) is 0. The van der Waals surface area contributed by atoms with E-state index in [2.05, 4.69) is 4.74 Å². The van der Waals surface area contributed by atoms with Gasteiger partial charge in [-0.25, -0.2) is 0 Å². The maximum Gasteiger partial charge on any atom is 0.325 e. The smallest absolute Gasteiger partial charge is 0.325 e. The van der Waals surface area contributed by atoms with Crippen molar-refractivity contribution in [3.63, 3.8) is 0 Å². The van der Waals surface area contributed by atoms with Gasteiger partial charge in [0.1, 0.15) is 13.2 Å². The highest BCUT2D eigenvalue weighted by Crippen LogP contribution is 2.00. The fourth-order valence-electron chi connectivity index (χ4n) is 1.09. The van der Waals surface area contributed by atoms with Gasteiger partial charge in [-0.15, -0.1) is 0 Å². The van der Waals surface area contributed by atoms with Crippen LogP contribution >= 0.6 is 0 Å². The molecule has 0 fully saturated rings. The molecule has 94 valence electrons. The van der Waals surface area contributed by atoms with E-state index in [0.29, 0.717) is 13.2 Å². The molecule has 0 aromatic rings. The van der Waals surface area contributed by atoms with Gasteiger partial charge in [-0.3, -0.25) is 9.59 Å². The minimum absolute atomic E-state index is 0.0566. The first-order valence-corrected chi connectivity index (χ1v) is 5.17. The van der Waals surface area contributed by atoms with Crippen molar-refractivity contribution in [2.24, 2.45) is 5.73 Å². The monoisotopic (exact) mass is 232 g/mol. The van der Waals surface area contributed by atoms with E-state index in [9.17, 15) is 9.59 Å². The lowest BCUT2D eigenvalue weighted by atomic mass is 10.3. The van der Waals surface area contributed by atoms with Crippen LogP contribution in [0.1, 0.15) is 13.8 Å². The van der Waals surface area contributed by atoms with Gasteiger partial charge < -0.3 is 20.1 Å². The molecule has 2 N–H and O–H groups in total. The molecule has 0 bridgehead atoms. The SMILES string of the molecule is COC(=O)CN(C(=O)COCCN)C(C)C. The number of methoxy groups -OCH3 is 1. The van der Waals surface area contributed by atoms with E-state index >= 15 is 0 Å². The number of hydrogen-bond acceptors (Lipinski definition) is 5. The Morgan fingerprint density at radius 3 is 2.44 bits per heavy atom. The molecule has 0 spiro atoms. The van der Waals surface area contributed by atoms with Crippen LogP contribution in [0.4, 0.5) is 0 Å². The molecule has 0 aliphatic carbocycles. The molecule has 0 saturated heterocycles. The first-order chi connectivity index (χ1) is 7.52. The summed E-state index contributed by atoms with van der Waals surface area (Å²) in [5.41, 5.74) is 5.23. The van der Waals surface area contributed by atoms with E-state index < -0.39 is 5.97 Å². The minimum atomic E-state index is -0.444. The first-order valence-electron chi connectivity index (χ1n) is 5.17. The van der Waals surface area contributed by atoms with Gasteiger partial charge in [0.15, 0.2) is 0 Å². The second-order valence-corrected chi connectivity index (χ2v) is 3.53. The van der Waals surface area contributed by atoms with Crippen LogP contribution in [0.15, 0.2) is 0 Å².